The van der Waals surface area contributed by atoms with Crippen LogP contribution in [0.1, 0.15) is 26.2 Å². The predicted molar refractivity (Wildman–Crippen MR) is 49.0 cm³/mol. The monoisotopic (exact) mass is 169 g/mol. The first-order chi connectivity index (χ1) is 5.75. The molecule has 12 heavy (non-hydrogen) atoms. The van der Waals surface area contributed by atoms with Crippen molar-refractivity contribution in [2.75, 3.05) is 19.6 Å². The van der Waals surface area contributed by atoms with Gasteiger partial charge in [-0.2, -0.15) is 0 Å². The van der Waals surface area contributed by atoms with Gasteiger partial charge in [0.15, 0.2) is 0 Å². The van der Waals surface area contributed by atoms with Gasteiger partial charge in [-0.1, -0.05) is 6.92 Å². The molecular weight excluding hydrogens is 150 g/mol. The van der Waals surface area contributed by atoms with Crippen LogP contribution in [0.15, 0.2) is 0 Å². The molecule has 2 unspecified atom stereocenters. The molecule has 1 heterocycles. The molecule has 1 saturated heterocycles. The molecule has 2 rings (SSSR count). The van der Waals surface area contributed by atoms with Gasteiger partial charge >= 0.3 is 0 Å². The number of rotatable bonds is 2. The minimum absolute atomic E-state index is 0.0483. The van der Waals surface area contributed by atoms with Gasteiger partial charge in [-0.05, 0) is 37.6 Å². The van der Waals surface area contributed by atoms with Crippen LogP contribution in [-0.2, 0) is 0 Å². The normalized spacial score (nSPS) is 43.0. The van der Waals surface area contributed by atoms with Crippen molar-refractivity contribution in [3.8, 4) is 0 Å². The Morgan fingerprint density at radius 2 is 2.25 bits per heavy atom. The van der Waals surface area contributed by atoms with E-state index < -0.39 is 0 Å². The summed E-state index contributed by atoms with van der Waals surface area (Å²) in [4.78, 5) is 2.43. The van der Waals surface area contributed by atoms with Crippen LogP contribution in [0, 0.1) is 11.8 Å². The topological polar surface area (TPSA) is 23.5 Å². The highest BCUT2D eigenvalue weighted by Gasteiger charge is 2.34. The first-order valence-corrected chi connectivity index (χ1v) is 5.16. The van der Waals surface area contributed by atoms with Gasteiger partial charge in [0.2, 0.25) is 0 Å². The molecule has 2 heteroatoms. The van der Waals surface area contributed by atoms with Crippen molar-refractivity contribution in [3.63, 3.8) is 0 Å². The van der Waals surface area contributed by atoms with Crippen molar-refractivity contribution in [2.24, 2.45) is 11.8 Å². The van der Waals surface area contributed by atoms with Crippen molar-refractivity contribution in [3.05, 3.63) is 0 Å². The van der Waals surface area contributed by atoms with E-state index in [4.69, 9.17) is 0 Å². The van der Waals surface area contributed by atoms with E-state index in [9.17, 15) is 5.11 Å². The average molecular weight is 169 g/mol. The van der Waals surface area contributed by atoms with E-state index in [-0.39, 0.29) is 6.10 Å². The molecule has 1 aliphatic heterocycles. The molecule has 1 saturated carbocycles. The smallest absolute Gasteiger partial charge is 0.0667 e. The van der Waals surface area contributed by atoms with Crippen LogP contribution in [0.2, 0.25) is 0 Å². The van der Waals surface area contributed by atoms with E-state index in [0.29, 0.717) is 0 Å². The highest BCUT2D eigenvalue weighted by molar-refractivity contribution is 4.86. The Labute approximate surface area is 74.6 Å². The SMILES string of the molecule is CC1CC1CN1CCC[C@H](O)C1. The molecule has 3 atom stereocenters. The molecule has 0 spiro atoms. The number of hydrogen-bond donors (Lipinski definition) is 1. The van der Waals surface area contributed by atoms with Crippen molar-refractivity contribution in [2.45, 2.75) is 32.3 Å². The van der Waals surface area contributed by atoms with Crippen molar-refractivity contribution < 1.29 is 5.11 Å². The van der Waals surface area contributed by atoms with Crippen LogP contribution in [0.3, 0.4) is 0 Å². The second-order valence-electron chi connectivity index (χ2n) is 4.53. The highest BCUT2D eigenvalue weighted by atomic mass is 16.3. The van der Waals surface area contributed by atoms with Gasteiger partial charge in [0.1, 0.15) is 0 Å². The third-order valence-electron chi connectivity index (χ3n) is 3.25. The maximum Gasteiger partial charge on any atom is 0.0667 e. The van der Waals surface area contributed by atoms with E-state index in [1.165, 1.54) is 25.9 Å². The fraction of sp³-hybridized carbons (Fsp3) is 1.00. The van der Waals surface area contributed by atoms with E-state index in [0.717, 1.165) is 24.8 Å². The Morgan fingerprint density at radius 3 is 2.83 bits per heavy atom. The summed E-state index contributed by atoms with van der Waals surface area (Å²) in [7, 11) is 0. The Morgan fingerprint density at radius 1 is 1.50 bits per heavy atom. The van der Waals surface area contributed by atoms with Crippen molar-refractivity contribution >= 4 is 0 Å². The molecule has 70 valence electrons. The van der Waals surface area contributed by atoms with Crippen LogP contribution in [0.25, 0.3) is 0 Å². The minimum atomic E-state index is -0.0483. The molecule has 2 nitrogen and oxygen atoms in total. The van der Waals surface area contributed by atoms with Crippen LogP contribution < -0.4 is 0 Å². The van der Waals surface area contributed by atoms with Gasteiger partial charge in [0, 0.05) is 13.1 Å². The average Bonchev–Trinajstić information content (AvgIpc) is 2.66. The van der Waals surface area contributed by atoms with Crippen molar-refractivity contribution in [1.82, 2.24) is 4.90 Å². The maximum absolute atomic E-state index is 9.44. The first kappa shape index (κ1) is 8.52. The summed E-state index contributed by atoms with van der Waals surface area (Å²) in [5.41, 5.74) is 0. The van der Waals surface area contributed by atoms with E-state index in [1.807, 2.05) is 0 Å². The zero-order valence-corrected chi connectivity index (χ0v) is 7.87. The van der Waals surface area contributed by atoms with Crippen LogP contribution in [0.4, 0.5) is 0 Å². The fourth-order valence-electron chi connectivity index (χ4n) is 2.18. The number of aliphatic hydroxyl groups is 1. The first-order valence-electron chi connectivity index (χ1n) is 5.16. The van der Waals surface area contributed by atoms with E-state index >= 15 is 0 Å². The van der Waals surface area contributed by atoms with E-state index in [2.05, 4.69) is 11.8 Å². The van der Waals surface area contributed by atoms with Crippen LogP contribution >= 0.6 is 0 Å². The third kappa shape index (κ3) is 1.99. The molecule has 1 aliphatic carbocycles. The second-order valence-corrected chi connectivity index (χ2v) is 4.53. The Hall–Kier alpha value is -0.0800. The third-order valence-corrected chi connectivity index (χ3v) is 3.25. The second kappa shape index (κ2) is 3.35. The minimum Gasteiger partial charge on any atom is -0.392 e. The molecule has 0 radical (unpaired) electrons. The molecule has 0 aromatic carbocycles. The summed E-state index contributed by atoms with van der Waals surface area (Å²) in [5.74, 6) is 1.89. The number of nitrogens with zero attached hydrogens (tertiary/aromatic N) is 1. The molecule has 0 bridgehead atoms. The Kier molecular flexibility index (Phi) is 2.37. The van der Waals surface area contributed by atoms with Gasteiger partial charge in [-0.15, -0.1) is 0 Å². The summed E-state index contributed by atoms with van der Waals surface area (Å²) in [6, 6.07) is 0. The summed E-state index contributed by atoms with van der Waals surface area (Å²) in [6.07, 6.45) is 3.55. The summed E-state index contributed by atoms with van der Waals surface area (Å²) >= 11 is 0. The highest BCUT2D eigenvalue weighted by Crippen LogP contribution is 2.38. The lowest BCUT2D eigenvalue weighted by atomic mass is 10.1. The molecular formula is C10H19NO. The largest absolute Gasteiger partial charge is 0.392 e. The lowest BCUT2D eigenvalue weighted by Crippen LogP contribution is -2.39. The standard InChI is InChI=1S/C10H19NO/c1-8-5-9(8)6-11-4-2-3-10(12)7-11/h8-10,12H,2-7H2,1H3/t8?,9?,10-/m0/s1. The number of β-amino-alcohol motifs (C(OH)–C–C–N with tert-alkyl or cyclic N) is 1. The molecule has 1 N–H and O–H groups in total. The summed E-state index contributed by atoms with van der Waals surface area (Å²) in [6.45, 7) is 5.69. The maximum atomic E-state index is 9.44. The Bertz CT molecular complexity index is 160. The summed E-state index contributed by atoms with van der Waals surface area (Å²) < 4.78 is 0. The summed E-state index contributed by atoms with van der Waals surface area (Å²) in [5, 5.41) is 9.44. The lowest BCUT2D eigenvalue weighted by molar-refractivity contribution is 0.0676. The molecule has 0 amide bonds. The number of likely N-dealkylation sites (tertiary alicyclic amines) is 1. The lowest BCUT2D eigenvalue weighted by Gasteiger charge is -2.29. The predicted octanol–water partition coefficient (Wildman–Crippen LogP) is 1.10. The number of hydrogen-bond acceptors (Lipinski definition) is 2. The van der Waals surface area contributed by atoms with Crippen molar-refractivity contribution in [1.29, 1.82) is 0 Å². The van der Waals surface area contributed by atoms with Gasteiger partial charge in [-0.25, -0.2) is 0 Å². The number of piperidine rings is 1. The van der Waals surface area contributed by atoms with Crippen LogP contribution in [0.5, 0.6) is 0 Å². The van der Waals surface area contributed by atoms with Gasteiger partial charge in [0.05, 0.1) is 6.10 Å². The van der Waals surface area contributed by atoms with Gasteiger partial charge in [-0.3, -0.25) is 0 Å². The quantitative estimate of drug-likeness (QED) is 0.669. The number of aliphatic hydroxyl groups excluding tert-OH is 1. The van der Waals surface area contributed by atoms with Gasteiger partial charge < -0.3 is 10.0 Å². The molecule has 2 aliphatic rings. The zero-order valence-electron chi connectivity index (χ0n) is 7.87. The fourth-order valence-corrected chi connectivity index (χ4v) is 2.18. The molecule has 0 aromatic heterocycles. The molecule has 2 fully saturated rings. The zero-order chi connectivity index (χ0) is 8.55. The van der Waals surface area contributed by atoms with Crippen LogP contribution in [-0.4, -0.2) is 35.7 Å². The van der Waals surface area contributed by atoms with E-state index in [1.54, 1.807) is 0 Å². The Balaban J connectivity index is 1.72. The molecule has 0 aromatic rings. The van der Waals surface area contributed by atoms with Gasteiger partial charge in [0.25, 0.3) is 0 Å².